The lowest BCUT2D eigenvalue weighted by Gasteiger charge is -2.07. The van der Waals surface area contributed by atoms with Gasteiger partial charge in [-0.05, 0) is 36.6 Å². The van der Waals surface area contributed by atoms with Gasteiger partial charge in [0.2, 0.25) is 0 Å². The highest BCUT2D eigenvalue weighted by Crippen LogP contribution is 2.39. The van der Waals surface area contributed by atoms with Crippen molar-refractivity contribution in [3.05, 3.63) is 60.2 Å². The van der Waals surface area contributed by atoms with E-state index in [4.69, 9.17) is 9.47 Å². The Kier molecular flexibility index (Phi) is 3.92. The molecule has 0 amide bonds. The van der Waals surface area contributed by atoms with Gasteiger partial charge in [-0.2, -0.15) is 0 Å². The van der Waals surface area contributed by atoms with E-state index < -0.39 is 5.97 Å². The minimum atomic E-state index is -0.445. The zero-order valence-corrected chi connectivity index (χ0v) is 12.2. The first kappa shape index (κ1) is 14.3. The van der Waals surface area contributed by atoms with E-state index in [2.05, 4.69) is 0 Å². The molecule has 1 aliphatic rings. The van der Waals surface area contributed by atoms with Crippen molar-refractivity contribution in [2.24, 2.45) is 11.8 Å². The minimum Gasteiger partial charge on any atom is -0.426 e. The number of ether oxygens (including phenoxy) is 2. The van der Waals surface area contributed by atoms with E-state index in [-0.39, 0.29) is 11.9 Å². The van der Waals surface area contributed by atoms with Gasteiger partial charge in [-0.25, -0.2) is 4.79 Å². The number of benzene rings is 2. The molecule has 1 aliphatic carbocycles. The van der Waals surface area contributed by atoms with E-state index in [0.29, 0.717) is 23.0 Å². The van der Waals surface area contributed by atoms with Gasteiger partial charge >= 0.3 is 11.9 Å². The third-order valence-electron chi connectivity index (χ3n) is 3.66. The lowest BCUT2D eigenvalue weighted by Crippen LogP contribution is -2.11. The number of hydrogen-bond acceptors (Lipinski definition) is 4. The van der Waals surface area contributed by atoms with Crippen LogP contribution in [0.5, 0.6) is 11.5 Å². The molecule has 112 valence electrons. The molecule has 0 spiro atoms. The maximum atomic E-state index is 12.0. The summed E-state index contributed by atoms with van der Waals surface area (Å²) in [6, 6.07) is 15.3. The van der Waals surface area contributed by atoms with E-state index >= 15 is 0 Å². The van der Waals surface area contributed by atoms with Gasteiger partial charge in [-0.3, -0.25) is 4.79 Å². The van der Waals surface area contributed by atoms with Gasteiger partial charge < -0.3 is 9.47 Å². The second-order valence-corrected chi connectivity index (χ2v) is 5.47. The summed E-state index contributed by atoms with van der Waals surface area (Å²) in [5, 5.41) is 0. The van der Waals surface area contributed by atoms with Crippen LogP contribution in [0.25, 0.3) is 0 Å². The van der Waals surface area contributed by atoms with E-state index in [1.165, 1.54) is 0 Å². The molecule has 1 saturated carbocycles. The van der Waals surface area contributed by atoms with Gasteiger partial charge in [-0.1, -0.05) is 31.2 Å². The summed E-state index contributed by atoms with van der Waals surface area (Å²) in [4.78, 5) is 23.8. The quantitative estimate of drug-likeness (QED) is 0.640. The standard InChI is InChI=1S/C18H16O4/c1-12-10-16(12)18(20)22-15-9-5-8-14(11-15)21-17(19)13-6-3-2-4-7-13/h2-9,11-12,16H,10H2,1H3/t12-,16+/m1/s1. The van der Waals surface area contributed by atoms with Crippen molar-refractivity contribution in [1.29, 1.82) is 0 Å². The molecule has 4 nitrogen and oxygen atoms in total. The molecule has 0 heterocycles. The van der Waals surface area contributed by atoms with Crippen LogP contribution in [0.2, 0.25) is 0 Å². The average molecular weight is 296 g/mol. The molecule has 22 heavy (non-hydrogen) atoms. The number of hydrogen-bond donors (Lipinski definition) is 0. The molecule has 0 unspecified atom stereocenters. The Hall–Kier alpha value is -2.62. The van der Waals surface area contributed by atoms with Crippen LogP contribution in [-0.2, 0) is 4.79 Å². The molecule has 0 saturated heterocycles. The molecule has 0 bridgehead atoms. The number of carbonyl (C=O) groups excluding carboxylic acids is 2. The summed E-state index contributed by atoms with van der Waals surface area (Å²) in [5.41, 5.74) is 0.469. The Bertz CT molecular complexity index is 693. The maximum Gasteiger partial charge on any atom is 0.343 e. The third kappa shape index (κ3) is 3.34. The van der Waals surface area contributed by atoms with Crippen LogP contribution in [0.4, 0.5) is 0 Å². The predicted octanol–water partition coefficient (Wildman–Crippen LogP) is 3.47. The third-order valence-corrected chi connectivity index (χ3v) is 3.66. The van der Waals surface area contributed by atoms with Crippen molar-refractivity contribution in [3.8, 4) is 11.5 Å². The summed E-state index contributed by atoms with van der Waals surface area (Å²) >= 11 is 0. The second kappa shape index (κ2) is 6.02. The average Bonchev–Trinajstić information content (AvgIpc) is 3.25. The van der Waals surface area contributed by atoms with Gasteiger partial charge in [0.15, 0.2) is 0 Å². The molecule has 0 aromatic heterocycles. The summed E-state index contributed by atoms with van der Waals surface area (Å²) in [7, 11) is 0. The number of carbonyl (C=O) groups is 2. The first-order chi connectivity index (χ1) is 10.6. The fourth-order valence-corrected chi connectivity index (χ4v) is 2.18. The van der Waals surface area contributed by atoms with Crippen LogP contribution < -0.4 is 9.47 Å². The van der Waals surface area contributed by atoms with Crippen molar-refractivity contribution < 1.29 is 19.1 Å². The molecular formula is C18H16O4. The fraction of sp³-hybridized carbons (Fsp3) is 0.222. The molecule has 0 aliphatic heterocycles. The second-order valence-electron chi connectivity index (χ2n) is 5.47. The Balaban J connectivity index is 1.66. The molecule has 4 heteroatoms. The van der Waals surface area contributed by atoms with Gasteiger partial charge in [0.05, 0.1) is 11.5 Å². The first-order valence-electron chi connectivity index (χ1n) is 7.22. The van der Waals surface area contributed by atoms with Crippen molar-refractivity contribution in [2.75, 3.05) is 0 Å². The number of rotatable bonds is 4. The highest BCUT2D eigenvalue weighted by atomic mass is 16.5. The van der Waals surface area contributed by atoms with E-state index in [1.807, 2.05) is 13.0 Å². The monoisotopic (exact) mass is 296 g/mol. The smallest absolute Gasteiger partial charge is 0.343 e. The van der Waals surface area contributed by atoms with Gasteiger partial charge in [0.25, 0.3) is 0 Å². The van der Waals surface area contributed by atoms with Crippen LogP contribution in [-0.4, -0.2) is 11.9 Å². The van der Waals surface area contributed by atoms with E-state index in [9.17, 15) is 9.59 Å². The lowest BCUT2D eigenvalue weighted by atomic mass is 10.2. The molecule has 1 fully saturated rings. The molecule has 0 radical (unpaired) electrons. The van der Waals surface area contributed by atoms with E-state index in [1.54, 1.807) is 48.5 Å². The summed E-state index contributed by atoms with van der Waals surface area (Å²) < 4.78 is 10.6. The van der Waals surface area contributed by atoms with Crippen molar-refractivity contribution in [1.82, 2.24) is 0 Å². The van der Waals surface area contributed by atoms with Crippen LogP contribution in [0.3, 0.4) is 0 Å². The highest BCUT2D eigenvalue weighted by Gasteiger charge is 2.40. The fourth-order valence-electron chi connectivity index (χ4n) is 2.18. The molecule has 2 aromatic carbocycles. The lowest BCUT2D eigenvalue weighted by molar-refractivity contribution is -0.136. The molecule has 2 aromatic rings. The van der Waals surface area contributed by atoms with Crippen molar-refractivity contribution >= 4 is 11.9 Å². The van der Waals surface area contributed by atoms with E-state index in [0.717, 1.165) is 6.42 Å². The molecule has 2 atom stereocenters. The summed E-state index contributed by atoms with van der Waals surface area (Å²) in [5.74, 6) is 0.464. The maximum absolute atomic E-state index is 12.0. The largest absolute Gasteiger partial charge is 0.426 e. The van der Waals surface area contributed by atoms with Gasteiger partial charge in [0.1, 0.15) is 11.5 Å². The predicted molar refractivity (Wildman–Crippen MR) is 80.7 cm³/mol. The highest BCUT2D eigenvalue weighted by molar-refractivity contribution is 5.91. The Labute approximate surface area is 128 Å². The van der Waals surface area contributed by atoms with Gasteiger partial charge in [0, 0.05) is 6.07 Å². The normalized spacial score (nSPS) is 19.3. The van der Waals surface area contributed by atoms with Crippen LogP contribution in [0, 0.1) is 11.8 Å². The molecule has 3 rings (SSSR count). The summed E-state index contributed by atoms with van der Waals surface area (Å²) in [6.45, 7) is 2.02. The Morgan fingerprint density at radius 3 is 2.23 bits per heavy atom. The Morgan fingerprint density at radius 2 is 1.59 bits per heavy atom. The topological polar surface area (TPSA) is 52.6 Å². The minimum absolute atomic E-state index is 0.00414. The van der Waals surface area contributed by atoms with Crippen molar-refractivity contribution in [2.45, 2.75) is 13.3 Å². The molecule has 0 N–H and O–H groups in total. The van der Waals surface area contributed by atoms with Crippen molar-refractivity contribution in [3.63, 3.8) is 0 Å². The van der Waals surface area contributed by atoms with Crippen LogP contribution in [0.15, 0.2) is 54.6 Å². The SMILES string of the molecule is C[C@@H]1C[C@@H]1C(=O)Oc1cccc(OC(=O)c2ccccc2)c1. The molecular weight excluding hydrogens is 280 g/mol. The number of esters is 2. The zero-order valence-electron chi connectivity index (χ0n) is 12.2. The van der Waals surface area contributed by atoms with Gasteiger partial charge in [-0.15, -0.1) is 0 Å². The first-order valence-corrected chi connectivity index (χ1v) is 7.22. The van der Waals surface area contributed by atoms with Crippen LogP contribution >= 0.6 is 0 Å². The summed E-state index contributed by atoms with van der Waals surface area (Å²) in [6.07, 6.45) is 0.877. The zero-order chi connectivity index (χ0) is 15.5. The van der Waals surface area contributed by atoms with Crippen LogP contribution in [0.1, 0.15) is 23.7 Å². The Morgan fingerprint density at radius 1 is 0.955 bits per heavy atom.